The Labute approximate surface area is 110 Å². The molecule has 1 rings (SSSR count). The minimum absolute atomic E-state index is 0.169. The number of rotatable bonds is 5. The third kappa shape index (κ3) is 3.70. The standard InChI is InChI=1S/C13H17F2NOS/c1-4-12(16-13(17)8(2)18-3)10-7-9(14)5-6-11(10)15/h5-8,12H,4H2,1-3H3,(H,16,17)/t8-,12-/m0/s1. The van der Waals surface area contributed by atoms with Crippen LogP contribution in [0.15, 0.2) is 18.2 Å². The van der Waals surface area contributed by atoms with E-state index in [1.165, 1.54) is 11.8 Å². The van der Waals surface area contributed by atoms with Gasteiger partial charge in [0.15, 0.2) is 0 Å². The Bertz CT molecular complexity index is 425. The van der Waals surface area contributed by atoms with E-state index in [0.29, 0.717) is 6.42 Å². The Balaban J connectivity index is 2.89. The Morgan fingerprint density at radius 1 is 1.44 bits per heavy atom. The van der Waals surface area contributed by atoms with Crippen molar-refractivity contribution in [3.05, 3.63) is 35.4 Å². The van der Waals surface area contributed by atoms with Crippen LogP contribution in [0, 0.1) is 11.6 Å². The summed E-state index contributed by atoms with van der Waals surface area (Å²) >= 11 is 1.41. The molecule has 0 fully saturated rings. The summed E-state index contributed by atoms with van der Waals surface area (Å²) in [6.07, 6.45) is 2.33. The van der Waals surface area contributed by atoms with Gasteiger partial charge in [0.25, 0.3) is 0 Å². The van der Waals surface area contributed by atoms with Crippen LogP contribution in [0.3, 0.4) is 0 Å². The second kappa shape index (κ2) is 6.73. The molecule has 100 valence electrons. The number of thioether (sulfide) groups is 1. The van der Waals surface area contributed by atoms with Crippen molar-refractivity contribution in [3.63, 3.8) is 0 Å². The molecule has 1 aromatic carbocycles. The molecule has 5 heteroatoms. The molecule has 2 nitrogen and oxygen atoms in total. The highest BCUT2D eigenvalue weighted by atomic mass is 32.2. The fourth-order valence-corrected chi connectivity index (χ4v) is 1.86. The summed E-state index contributed by atoms with van der Waals surface area (Å²) < 4.78 is 26.7. The molecular weight excluding hydrogens is 256 g/mol. The zero-order valence-corrected chi connectivity index (χ0v) is 11.5. The zero-order chi connectivity index (χ0) is 13.7. The Morgan fingerprint density at radius 3 is 2.67 bits per heavy atom. The van der Waals surface area contributed by atoms with E-state index in [-0.39, 0.29) is 16.7 Å². The summed E-state index contributed by atoms with van der Waals surface area (Å²) in [6.45, 7) is 3.59. The molecule has 0 aliphatic heterocycles. The summed E-state index contributed by atoms with van der Waals surface area (Å²) in [6, 6.07) is 2.78. The number of hydrogen-bond acceptors (Lipinski definition) is 2. The summed E-state index contributed by atoms with van der Waals surface area (Å²) in [5, 5.41) is 2.52. The predicted octanol–water partition coefficient (Wildman–Crippen LogP) is 3.28. The van der Waals surface area contributed by atoms with E-state index < -0.39 is 17.7 Å². The van der Waals surface area contributed by atoms with E-state index in [2.05, 4.69) is 5.32 Å². The van der Waals surface area contributed by atoms with Crippen LogP contribution in [0.1, 0.15) is 31.9 Å². The van der Waals surface area contributed by atoms with E-state index in [1.54, 1.807) is 6.92 Å². The fourth-order valence-electron chi connectivity index (χ4n) is 1.58. The van der Waals surface area contributed by atoms with Gasteiger partial charge in [-0.25, -0.2) is 8.78 Å². The van der Waals surface area contributed by atoms with Crippen molar-refractivity contribution in [1.29, 1.82) is 0 Å². The lowest BCUT2D eigenvalue weighted by molar-refractivity contribution is -0.121. The number of carbonyl (C=O) groups excluding carboxylic acids is 1. The molecule has 0 bridgehead atoms. The van der Waals surface area contributed by atoms with Crippen LogP contribution in [0.4, 0.5) is 8.78 Å². The molecule has 0 radical (unpaired) electrons. The maximum absolute atomic E-state index is 13.6. The minimum atomic E-state index is -0.503. The van der Waals surface area contributed by atoms with Gasteiger partial charge in [-0.15, -0.1) is 0 Å². The molecule has 1 amide bonds. The van der Waals surface area contributed by atoms with Crippen molar-refractivity contribution in [3.8, 4) is 0 Å². The summed E-state index contributed by atoms with van der Waals surface area (Å²) in [5.74, 6) is -1.17. The van der Waals surface area contributed by atoms with Crippen LogP contribution in [-0.4, -0.2) is 17.4 Å². The number of hydrogen-bond donors (Lipinski definition) is 1. The summed E-state index contributed by atoms with van der Waals surface area (Å²) in [7, 11) is 0. The molecule has 0 spiro atoms. The molecule has 0 saturated heterocycles. The van der Waals surface area contributed by atoms with Gasteiger partial charge in [-0.2, -0.15) is 11.8 Å². The van der Waals surface area contributed by atoms with E-state index >= 15 is 0 Å². The first-order valence-corrected chi connectivity index (χ1v) is 7.06. The lowest BCUT2D eigenvalue weighted by Gasteiger charge is -2.20. The first kappa shape index (κ1) is 15.0. The summed E-state index contributed by atoms with van der Waals surface area (Å²) in [5.41, 5.74) is 0.194. The van der Waals surface area contributed by atoms with Gasteiger partial charge in [0.2, 0.25) is 5.91 Å². The second-order valence-electron chi connectivity index (χ2n) is 4.01. The molecular formula is C13H17F2NOS. The van der Waals surface area contributed by atoms with Crippen molar-refractivity contribution in [2.24, 2.45) is 0 Å². The SMILES string of the molecule is CC[C@H](NC(=O)[C@H](C)SC)c1cc(F)ccc1F. The first-order chi connectivity index (χ1) is 8.49. The van der Waals surface area contributed by atoms with Gasteiger partial charge in [0.1, 0.15) is 11.6 Å². The van der Waals surface area contributed by atoms with Crippen LogP contribution >= 0.6 is 11.8 Å². The maximum Gasteiger partial charge on any atom is 0.233 e. The fraction of sp³-hybridized carbons (Fsp3) is 0.462. The average Bonchev–Trinajstić information content (AvgIpc) is 2.37. The van der Waals surface area contributed by atoms with Gasteiger partial charge in [0.05, 0.1) is 11.3 Å². The number of carbonyl (C=O) groups is 1. The van der Waals surface area contributed by atoms with Crippen molar-refractivity contribution in [2.75, 3.05) is 6.26 Å². The molecule has 1 N–H and O–H groups in total. The molecule has 0 heterocycles. The largest absolute Gasteiger partial charge is 0.348 e. The number of amides is 1. The van der Waals surface area contributed by atoms with Crippen LogP contribution < -0.4 is 5.32 Å². The summed E-state index contributed by atoms with van der Waals surface area (Å²) in [4.78, 5) is 11.8. The number of nitrogens with one attached hydrogen (secondary N) is 1. The number of benzene rings is 1. The smallest absolute Gasteiger partial charge is 0.233 e. The van der Waals surface area contributed by atoms with Gasteiger partial charge in [-0.05, 0) is 37.8 Å². The van der Waals surface area contributed by atoms with Gasteiger partial charge < -0.3 is 5.32 Å². The van der Waals surface area contributed by atoms with Gasteiger partial charge >= 0.3 is 0 Å². The van der Waals surface area contributed by atoms with E-state index in [1.807, 2.05) is 13.2 Å². The second-order valence-corrected chi connectivity index (χ2v) is 5.19. The van der Waals surface area contributed by atoms with E-state index in [9.17, 15) is 13.6 Å². The zero-order valence-electron chi connectivity index (χ0n) is 10.7. The van der Waals surface area contributed by atoms with Crippen LogP contribution in [-0.2, 0) is 4.79 Å². The first-order valence-electron chi connectivity index (χ1n) is 5.77. The Hall–Kier alpha value is -1.10. The number of halogens is 2. The molecule has 0 aliphatic carbocycles. The van der Waals surface area contributed by atoms with Crippen LogP contribution in [0.25, 0.3) is 0 Å². The third-order valence-corrected chi connectivity index (χ3v) is 3.70. The van der Waals surface area contributed by atoms with Gasteiger partial charge in [-0.3, -0.25) is 4.79 Å². The average molecular weight is 273 g/mol. The quantitative estimate of drug-likeness (QED) is 0.892. The Morgan fingerprint density at radius 2 is 2.11 bits per heavy atom. The van der Waals surface area contributed by atoms with Gasteiger partial charge in [0, 0.05) is 5.56 Å². The van der Waals surface area contributed by atoms with Crippen LogP contribution in [0.5, 0.6) is 0 Å². The monoisotopic (exact) mass is 273 g/mol. The lowest BCUT2D eigenvalue weighted by Crippen LogP contribution is -2.34. The van der Waals surface area contributed by atoms with Crippen molar-refractivity contribution < 1.29 is 13.6 Å². The topological polar surface area (TPSA) is 29.1 Å². The van der Waals surface area contributed by atoms with Gasteiger partial charge in [-0.1, -0.05) is 6.92 Å². The molecule has 18 heavy (non-hydrogen) atoms. The predicted molar refractivity (Wildman–Crippen MR) is 70.5 cm³/mol. The normalized spacial score (nSPS) is 14.1. The third-order valence-electron chi connectivity index (χ3n) is 2.78. The van der Waals surface area contributed by atoms with Crippen molar-refractivity contribution in [2.45, 2.75) is 31.6 Å². The molecule has 0 aliphatic rings. The maximum atomic E-state index is 13.6. The molecule has 0 aromatic heterocycles. The highest BCUT2D eigenvalue weighted by molar-refractivity contribution is 7.99. The highest BCUT2D eigenvalue weighted by Gasteiger charge is 2.20. The molecule has 0 saturated carbocycles. The van der Waals surface area contributed by atoms with E-state index in [0.717, 1.165) is 18.2 Å². The highest BCUT2D eigenvalue weighted by Crippen LogP contribution is 2.22. The van der Waals surface area contributed by atoms with Crippen molar-refractivity contribution >= 4 is 17.7 Å². The van der Waals surface area contributed by atoms with E-state index in [4.69, 9.17) is 0 Å². The molecule has 0 unspecified atom stereocenters. The van der Waals surface area contributed by atoms with Crippen LogP contribution in [0.2, 0.25) is 0 Å². The Kier molecular flexibility index (Phi) is 5.59. The lowest BCUT2D eigenvalue weighted by atomic mass is 10.0. The molecule has 1 aromatic rings. The molecule has 2 atom stereocenters. The van der Waals surface area contributed by atoms with Crippen molar-refractivity contribution in [1.82, 2.24) is 5.32 Å². The minimum Gasteiger partial charge on any atom is -0.348 e.